The number of aromatic nitrogens is 2. The molecule has 1 heterocycles. The fraction of sp³-hybridized carbons (Fsp3) is 0.375. The van der Waals surface area contributed by atoms with Gasteiger partial charge in [0, 0.05) is 30.5 Å². The van der Waals surface area contributed by atoms with Crippen LogP contribution in [0.15, 0.2) is 24.5 Å². The summed E-state index contributed by atoms with van der Waals surface area (Å²) in [5, 5.41) is 10.2. The molecule has 5 heteroatoms. The van der Waals surface area contributed by atoms with Crippen LogP contribution in [0.3, 0.4) is 0 Å². The molecule has 0 saturated heterocycles. The molecule has 0 radical (unpaired) electrons. The van der Waals surface area contributed by atoms with Crippen molar-refractivity contribution in [3.8, 4) is 11.8 Å². The van der Waals surface area contributed by atoms with Crippen molar-refractivity contribution in [3.05, 3.63) is 35.2 Å². The summed E-state index contributed by atoms with van der Waals surface area (Å²) in [6.45, 7) is 4.76. The first-order valence-corrected chi connectivity index (χ1v) is 7.34. The molecule has 2 rings (SSSR count). The second-order valence-corrected chi connectivity index (χ2v) is 4.96. The smallest absolute Gasteiger partial charge is 0.140 e. The van der Waals surface area contributed by atoms with E-state index in [1.54, 1.807) is 0 Å². The highest BCUT2D eigenvalue weighted by Crippen LogP contribution is 2.19. The summed E-state index contributed by atoms with van der Waals surface area (Å²) in [5.74, 6) is 6.29. The van der Waals surface area contributed by atoms with Gasteiger partial charge in [-0.15, -0.1) is 0 Å². The van der Waals surface area contributed by atoms with E-state index < -0.39 is 0 Å². The number of hydrogen-bond acceptors (Lipinski definition) is 4. The Hall–Kier alpha value is -1.67. The summed E-state index contributed by atoms with van der Waals surface area (Å²) in [5.41, 5.74) is 1.72. The normalized spacial score (nSPS) is 10.7. The van der Waals surface area contributed by atoms with Crippen LogP contribution in [0.2, 0.25) is 5.15 Å². The highest BCUT2D eigenvalue weighted by atomic mass is 35.5. The first kappa shape index (κ1) is 15.7. The van der Waals surface area contributed by atoms with E-state index in [1.807, 2.05) is 18.2 Å². The molecule has 1 aromatic carbocycles. The van der Waals surface area contributed by atoms with Gasteiger partial charge < -0.3 is 10.0 Å². The molecule has 0 aliphatic carbocycles. The van der Waals surface area contributed by atoms with Crippen molar-refractivity contribution in [2.45, 2.75) is 13.3 Å². The SMILES string of the molecule is CCN(CCO)CCC#Cc1ccc2c(Cl)ncnc2c1. The maximum atomic E-state index is 8.92. The van der Waals surface area contributed by atoms with Crippen LogP contribution in [-0.4, -0.2) is 46.2 Å². The van der Waals surface area contributed by atoms with Gasteiger partial charge in [0.1, 0.15) is 11.5 Å². The number of hydrogen-bond donors (Lipinski definition) is 1. The molecule has 0 unspecified atom stereocenters. The van der Waals surface area contributed by atoms with Crippen LogP contribution in [0, 0.1) is 11.8 Å². The van der Waals surface area contributed by atoms with E-state index in [0.717, 1.165) is 36.0 Å². The van der Waals surface area contributed by atoms with Gasteiger partial charge in [-0.3, -0.25) is 0 Å². The second-order valence-electron chi connectivity index (χ2n) is 4.61. The van der Waals surface area contributed by atoms with E-state index in [9.17, 15) is 0 Å². The molecule has 2 aromatic rings. The summed E-state index contributed by atoms with van der Waals surface area (Å²) >= 11 is 6.00. The fourth-order valence-electron chi connectivity index (χ4n) is 2.05. The summed E-state index contributed by atoms with van der Waals surface area (Å²) in [6, 6.07) is 5.74. The summed E-state index contributed by atoms with van der Waals surface area (Å²) in [6.07, 6.45) is 2.23. The topological polar surface area (TPSA) is 49.2 Å². The van der Waals surface area contributed by atoms with Gasteiger partial charge in [0.2, 0.25) is 0 Å². The molecule has 1 aromatic heterocycles. The van der Waals surface area contributed by atoms with Gasteiger partial charge in [-0.25, -0.2) is 9.97 Å². The fourth-order valence-corrected chi connectivity index (χ4v) is 2.25. The zero-order valence-corrected chi connectivity index (χ0v) is 12.8. The summed E-state index contributed by atoms with van der Waals surface area (Å²) in [4.78, 5) is 10.3. The van der Waals surface area contributed by atoms with Crippen molar-refractivity contribution in [1.29, 1.82) is 0 Å². The lowest BCUT2D eigenvalue weighted by Crippen LogP contribution is -2.27. The average molecular weight is 304 g/mol. The zero-order valence-electron chi connectivity index (χ0n) is 12.0. The molecule has 1 N–H and O–H groups in total. The van der Waals surface area contributed by atoms with Gasteiger partial charge in [0.05, 0.1) is 12.1 Å². The van der Waals surface area contributed by atoms with E-state index in [4.69, 9.17) is 16.7 Å². The minimum absolute atomic E-state index is 0.187. The van der Waals surface area contributed by atoms with Gasteiger partial charge >= 0.3 is 0 Å². The Morgan fingerprint density at radius 3 is 2.90 bits per heavy atom. The monoisotopic (exact) mass is 303 g/mol. The molecule has 0 atom stereocenters. The summed E-state index contributed by atoms with van der Waals surface area (Å²) in [7, 11) is 0. The van der Waals surface area contributed by atoms with Gasteiger partial charge in [-0.1, -0.05) is 30.4 Å². The molecule has 0 aliphatic heterocycles. The zero-order chi connectivity index (χ0) is 15.1. The second kappa shape index (κ2) is 7.94. The minimum atomic E-state index is 0.187. The Balaban J connectivity index is 2.02. The number of rotatable bonds is 5. The van der Waals surface area contributed by atoms with Crippen LogP contribution >= 0.6 is 11.6 Å². The lowest BCUT2D eigenvalue weighted by molar-refractivity contribution is 0.205. The van der Waals surface area contributed by atoms with E-state index in [-0.39, 0.29) is 6.61 Å². The van der Waals surface area contributed by atoms with Crippen molar-refractivity contribution < 1.29 is 5.11 Å². The highest BCUT2D eigenvalue weighted by molar-refractivity contribution is 6.34. The molecule has 110 valence electrons. The maximum absolute atomic E-state index is 8.92. The summed E-state index contributed by atoms with van der Waals surface area (Å²) < 4.78 is 0. The quantitative estimate of drug-likeness (QED) is 0.680. The lowest BCUT2D eigenvalue weighted by atomic mass is 10.1. The molecule has 0 amide bonds. The number of likely N-dealkylation sites (N-methyl/N-ethyl adjacent to an activating group) is 1. The van der Waals surface area contributed by atoms with Gasteiger partial charge in [-0.05, 0) is 24.7 Å². The number of aliphatic hydroxyl groups is 1. The van der Waals surface area contributed by atoms with Crippen molar-refractivity contribution >= 4 is 22.5 Å². The predicted octanol–water partition coefficient (Wildman–Crippen LogP) is 2.34. The molecular weight excluding hydrogens is 286 g/mol. The van der Waals surface area contributed by atoms with Crippen LogP contribution in [0.1, 0.15) is 18.9 Å². The van der Waals surface area contributed by atoms with Crippen molar-refractivity contribution in [2.24, 2.45) is 0 Å². The molecule has 4 nitrogen and oxygen atoms in total. The number of benzene rings is 1. The van der Waals surface area contributed by atoms with E-state index >= 15 is 0 Å². The predicted molar refractivity (Wildman–Crippen MR) is 85.2 cm³/mol. The van der Waals surface area contributed by atoms with Crippen LogP contribution < -0.4 is 0 Å². The van der Waals surface area contributed by atoms with Crippen molar-refractivity contribution in [2.75, 3.05) is 26.2 Å². The standard InChI is InChI=1S/C16H18ClN3O/c1-2-20(9-10-21)8-4-3-5-13-6-7-14-15(11-13)18-12-19-16(14)17/h6-7,11-12,21H,2,4,8-10H2,1H3. The number of halogens is 1. The Labute approximate surface area is 129 Å². The van der Waals surface area contributed by atoms with Gasteiger partial charge in [-0.2, -0.15) is 0 Å². The van der Waals surface area contributed by atoms with E-state index in [0.29, 0.717) is 11.7 Å². The molecule has 0 saturated carbocycles. The van der Waals surface area contributed by atoms with Crippen LogP contribution in [0.5, 0.6) is 0 Å². The maximum Gasteiger partial charge on any atom is 0.140 e. The number of fused-ring (bicyclic) bond motifs is 1. The number of aliphatic hydroxyl groups excluding tert-OH is 1. The third-order valence-corrected chi connectivity index (χ3v) is 3.54. The molecule has 0 aliphatic rings. The minimum Gasteiger partial charge on any atom is -0.395 e. The molecular formula is C16H18ClN3O. The Morgan fingerprint density at radius 1 is 1.29 bits per heavy atom. The Kier molecular flexibility index (Phi) is 5.94. The highest BCUT2D eigenvalue weighted by Gasteiger charge is 2.01. The Bertz CT molecular complexity index is 663. The first-order chi connectivity index (χ1) is 10.2. The van der Waals surface area contributed by atoms with Crippen molar-refractivity contribution in [3.63, 3.8) is 0 Å². The van der Waals surface area contributed by atoms with E-state index in [2.05, 4.69) is 33.6 Å². The third-order valence-electron chi connectivity index (χ3n) is 3.24. The van der Waals surface area contributed by atoms with Crippen LogP contribution in [-0.2, 0) is 0 Å². The van der Waals surface area contributed by atoms with E-state index in [1.165, 1.54) is 6.33 Å². The Morgan fingerprint density at radius 2 is 2.14 bits per heavy atom. The molecule has 21 heavy (non-hydrogen) atoms. The molecule has 0 spiro atoms. The molecule has 0 fully saturated rings. The lowest BCUT2D eigenvalue weighted by Gasteiger charge is -2.16. The van der Waals surface area contributed by atoms with Crippen LogP contribution in [0.25, 0.3) is 10.9 Å². The molecule has 0 bridgehead atoms. The average Bonchev–Trinajstić information content (AvgIpc) is 2.50. The van der Waals surface area contributed by atoms with Gasteiger partial charge in [0.15, 0.2) is 0 Å². The third kappa shape index (κ3) is 4.40. The number of nitrogens with zero attached hydrogens (tertiary/aromatic N) is 3. The largest absolute Gasteiger partial charge is 0.395 e. The first-order valence-electron chi connectivity index (χ1n) is 6.97. The van der Waals surface area contributed by atoms with Gasteiger partial charge in [0.25, 0.3) is 0 Å². The van der Waals surface area contributed by atoms with Crippen LogP contribution in [0.4, 0.5) is 0 Å². The van der Waals surface area contributed by atoms with Crippen molar-refractivity contribution in [1.82, 2.24) is 14.9 Å².